The predicted molar refractivity (Wildman–Crippen MR) is 128 cm³/mol. The molecule has 0 unspecified atom stereocenters. The number of benzene rings is 2. The Hall–Kier alpha value is -3.94. The van der Waals surface area contributed by atoms with Crippen LogP contribution in [0.2, 0.25) is 0 Å². The Kier molecular flexibility index (Phi) is 8.71. The van der Waals surface area contributed by atoms with Crippen molar-refractivity contribution in [1.29, 1.82) is 0 Å². The molecule has 0 aliphatic heterocycles. The van der Waals surface area contributed by atoms with Gasteiger partial charge >= 0.3 is 5.82 Å². The van der Waals surface area contributed by atoms with Crippen LogP contribution in [0.5, 0.6) is 0 Å². The molecule has 8 heteroatoms. The van der Waals surface area contributed by atoms with Gasteiger partial charge in [-0.25, -0.2) is 0 Å². The van der Waals surface area contributed by atoms with Gasteiger partial charge in [-0.1, -0.05) is 34.5 Å². The van der Waals surface area contributed by atoms with Gasteiger partial charge in [-0.15, -0.1) is 9.35 Å². The molecule has 168 valence electrons. The SMILES string of the molecule is CC(=O)[O-].Cc1n(N=Cc2ccc(N(C)C)cc2)cc[n+]1N=Cc1ccc(N(C)C)cc1. The summed E-state index contributed by atoms with van der Waals surface area (Å²) in [4.78, 5) is 13.0. The number of nitrogens with zero attached hydrogens (tertiary/aromatic N) is 6. The average Bonchev–Trinajstić information content (AvgIpc) is 3.10. The molecule has 0 aliphatic rings. The lowest BCUT2D eigenvalue weighted by Gasteiger charge is -2.11. The predicted octanol–water partition coefficient (Wildman–Crippen LogP) is 1.74. The summed E-state index contributed by atoms with van der Waals surface area (Å²) in [7, 11) is 8.12. The van der Waals surface area contributed by atoms with E-state index >= 15 is 0 Å². The van der Waals surface area contributed by atoms with Crippen molar-refractivity contribution in [1.82, 2.24) is 4.68 Å². The molecule has 0 radical (unpaired) electrons. The maximum absolute atomic E-state index is 8.89. The van der Waals surface area contributed by atoms with Gasteiger partial charge in [0, 0.05) is 52.5 Å². The molecule has 1 aromatic heterocycles. The highest BCUT2D eigenvalue weighted by atomic mass is 16.4. The number of aliphatic carboxylic acids is 1. The van der Waals surface area contributed by atoms with Gasteiger partial charge in [0.25, 0.3) is 0 Å². The van der Waals surface area contributed by atoms with Crippen LogP contribution < -0.4 is 19.6 Å². The van der Waals surface area contributed by atoms with Crippen LogP contribution in [0, 0.1) is 6.92 Å². The highest BCUT2D eigenvalue weighted by molar-refractivity contribution is 5.80. The van der Waals surface area contributed by atoms with Crippen LogP contribution >= 0.6 is 0 Å². The summed E-state index contributed by atoms with van der Waals surface area (Å²) < 4.78 is 3.62. The molecule has 0 saturated carbocycles. The van der Waals surface area contributed by atoms with Crippen molar-refractivity contribution < 1.29 is 14.6 Å². The van der Waals surface area contributed by atoms with Crippen LogP contribution in [0.25, 0.3) is 0 Å². The Morgan fingerprint density at radius 3 is 1.78 bits per heavy atom. The monoisotopic (exact) mass is 434 g/mol. The van der Waals surface area contributed by atoms with Crippen molar-refractivity contribution in [2.75, 3.05) is 38.0 Å². The lowest BCUT2D eigenvalue weighted by atomic mass is 10.2. The summed E-state index contributed by atoms with van der Waals surface area (Å²) in [5.74, 6) is -0.165. The van der Waals surface area contributed by atoms with Crippen molar-refractivity contribution in [2.45, 2.75) is 13.8 Å². The number of hydrogen-bond acceptors (Lipinski definition) is 6. The number of hydrogen-bond donors (Lipinski definition) is 0. The minimum Gasteiger partial charge on any atom is -0.550 e. The van der Waals surface area contributed by atoms with Crippen molar-refractivity contribution >= 4 is 29.8 Å². The third-order valence-electron chi connectivity index (χ3n) is 4.49. The van der Waals surface area contributed by atoms with E-state index in [4.69, 9.17) is 9.90 Å². The van der Waals surface area contributed by atoms with Crippen molar-refractivity contribution in [3.05, 3.63) is 77.9 Å². The van der Waals surface area contributed by atoms with Gasteiger partial charge in [0.1, 0.15) is 0 Å². The molecule has 1 heterocycles. The quantitative estimate of drug-likeness (QED) is 0.437. The van der Waals surface area contributed by atoms with Gasteiger partial charge in [0.15, 0.2) is 12.4 Å². The summed E-state index contributed by atoms with van der Waals surface area (Å²) >= 11 is 0. The molecule has 3 aromatic rings. The van der Waals surface area contributed by atoms with Crippen LogP contribution in [0.3, 0.4) is 0 Å². The third kappa shape index (κ3) is 7.39. The molecule has 3 rings (SSSR count). The first kappa shape index (κ1) is 24.3. The standard InChI is InChI=1S/C22H27N6.C2H4O2/c1-18-27(23-16-19-6-10-21(11-7-19)25(2)3)14-15-28(18)24-17-20-8-12-22(13-9-20)26(4)5;1-2(3)4/h6-17H,1-5H3;1H3,(H,3,4)/q+1;/p-1. The summed E-state index contributed by atoms with van der Waals surface area (Å²) in [6, 6.07) is 16.5. The van der Waals surface area contributed by atoms with Gasteiger partial charge in [-0.05, 0) is 42.3 Å². The van der Waals surface area contributed by atoms with Gasteiger partial charge in [-0.3, -0.25) is 0 Å². The van der Waals surface area contributed by atoms with Crippen molar-refractivity contribution in [2.24, 2.45) is 10.2 Å². The normalized spacial score (nSPS) is 10.8. The molecule has 8 nitrogen and oxygen atoms in total. The summed E-state index contributed by atoms with van der Waals surface area (Å²) in [6.45, 7) is 2.96. The second-order valence-electron chi connectivity index (χ2n) is 7.49. The molecular formula is C24H30N6O2. The Morgan fingerprint density at radius 2 is 1.34 bits per heavy atom. The van der Waals surface area contributed by atoms with E-state index in [1.165, 1.54) is 11.4 Å². The summed E-state index contributed by atoms with van der Waals surface area (Å²) in [5.41, 5.74) is 4.43. The zero-order chi connectivity index (χ0) is 23.7. The third-order valence-corrected chi connectivity index (χ3v) is 4.49. The number of aromatic nitrogens is 2. The first-order valence-electron chi connectivity index (χ1n) is 10.1. The number of anilines is 2. The van der Waals surface area contributed by atoms with Gasteiger partial charge in [-0.2, -0.15) is 0 Å². The fraction of sp³-hybridized carbons (Fsp3) is 0.250. The fourth-order valence-electron chi connectivity index (χ4n) is 2.67. The Balaban J connectivity index is 0.000000837. The maximum atomic E-state index is 8.89. The Labute approximate surface area is 189 Å². The van der Waals surface area contributed by atoms with E-state index in [1.807, 2.05) is 69.3 Å². The van der Waals surface area contributed by atoms with Gasteiger partial charge in [0.2, 0.25) is 0 Å². The van der Waals surface area contributed by atoms with Crippen LogP contribution in [-0.2, 0) is 4.79 Å². The number of carbonyl (C=O) groups is 1. The lowest BCUT2D eigenvalue weighted by Crippen LogP contribution is -2.29. The van der Waals surface area contributed by atoms with E-state index in [-0.39, 0.29) is 0 Å². The molecule has 2 aromatic carbocycles. The summed E-state index contributed by atoms with van der Waals surface area (Å²) in [5, 5.41) is 18.0. The number of rotatable bonds is 6. The first-order valence-corrected chi connectivity index (χ1v) is 10.1. The Bertz CT molecular complexity index is 982. The molecule has 0 amide bonds. The highest BCUT2D eigenvalue weighted by Gasteiger charge is 2.10. The van der Waals surface area contributed by atoms with Crippen LogP contribution in [-0.4, -0.2) is 51.3 Å². The molecule has 0 bridgehead atoms. The molecule has 0 atom stereocenters. The highest BCUT2D eigenvalue weighted by Crippen LogP contribution is 2.12. The van der Waals surface area contributed by atoms with Gasteiger partial charge < -0.3 is 19.7 Å². The number of carbonyl (C=O) groups excluding carboxylic acids is 1. The number of imidazole rings is 1. The zero-order valence-corrected chi connectivity index (χ0v) is 19.4. The van der Waals surface area contributed by atoms with Crippen LogP contribution in [0.4, 0.5) is 11.4 Å². The Morgan fingerprint density at radius 1 is 0.906 bits per heavy atom. The number of carboxylic acid groups (broad SMARTS) is 1. The molecule has 0 aliphatic carbocycles. The molecular weight excluding hydrogens is 404 g/mol. The minimum atomic E-state index is -1.08. The van der Waals surface area contributed by atoms with E-state index in [0.717, 1.165) is 23.9 Å². The first-order chi connectivity index (χ1) is 15.2. The van der Waals surface area contributed by atoms with E-state index in [0.29, 0.717) is 0 Å². The molecule has 0 saturated heterocycles. The zero-order valence-electron chi connectivity index (χ0n) is 19.4. The molecule has 32 heavy (non-hydrogen) atoms. The second kappa shape index (κ2) is 11.5. The average molecular weight is 435 g/mol. The molecule has 0 fully saturated rings. The number of carboxylic acids is 1. The van der Waals surface area contributed by atoms with E-state index in [9.17, 15) is 0 Å². The van der Waals surface area contributed by atoms with Crippen molar-refractivity contribution in [3.8, 4) is 0 Å². The van der Waals surface area contributed by atoms with E-state index in [2.05, 4.69) is 68.5 Å². The van der Waals surface area contributed by atoms with Gasteiger partial charge in [0.05, 0.1) is 12.4 Å². The fourth-order valence-corrected chi connectivity index (χ4v) is 2.67. The maximum Gasteiger partial charge on any atom is 0.304 e. The van der Waals surface area contributed by atoms with E-state index < -0.39 is 5.97 Å². The summed E-state index contributed by atoms with van der Waals surface area (Å²) in [6.07, 6.45) is 7.49. The van der Waals surface area contributed by atoms with Crippen LogP contribution in [0.15, 0.2) is 71.1 Å². The topological polar surface area (TPSA) is 80.1 Å². The largest absolute Gasteiger partial charge is 0.550 e. The molecule has 0 N–H and O–H groups in total. The lowest BCUT2D eigenvalue weighted by molar-refractivity contribution is -0.684. The van der Waals surface area contributed by atoms with Crippen molar-refractivity contribution in [3.63, 3.8) is 0 Å². The van der Waals surface area contributed by atoms with Crippen LogP contribution in [0.1, 0.15) is 23.9 Å². The smallest absolute Gasteiger partial charge is 0.304 e. The second-order valence-corrected chi connectivity index (χ2v) is 7.49. The van der Waals surface area contributed by atoms with E-state index in [1.54, 1.807) is 0 Å². The molecule has 0 spiro atoms. The minimum absolute atomic E-state index is 0.919.